The number of amides is 1. The molecule has 5 nitrogen and oxygen atoms in total. The second-order valence-electron chi connectivity index (χ2n) is 6.00. The number of benzene rings is 1. The number of ether oxygens (including phenoxy) is 2. The number of rotatable bonds is 5. The van der Waals surface area contributed by atoms with Crippen molar-refractivity contribution < 1.29 is 14.3 Å². The molecule has 1 fully saturated rings. The Morgan fingerprint density at radius 3 is 2.64 bits per heavy atom. The van der Waals surface area contributed by atoms with E-state index in [1.165, 1.54) is 0 Å². The summed E-state index contributed by atoms with van der Waals surface area (Å²) in [4.78, 5) is 14.5. The van der Waals surface area contributed by atoms with Gasteiger partial charge in [0.05, 0.1) is 0 Å². The lowest BCUT2D eigenvalue weighted by Gasteiger charge is -2.41. The minimum Gasteiger partial charge on any atom is -0.454 e. The van der Waals surface area contributed by atoms with Gasteiger partial charge in [-0.15, -0.1) is 0 Å². The van der Waals surface area contributed by atoms with Crippen molar-refractivity contribution in [2.24, 2.45) is 17.6 Å². The Hall–Kier alpha value is -1.75. The molecule has 0 saturated heterocycles. The van der Waals surface area contributed by atoms with Gasteiger partial charge in [0.25, 0.3) is 0 Å². The minimum absolute atomic E-state index is 0.0559. The van der Waals surface area contributed by atoms with Crippen LogP contribution in [0.5, 0.6) is 11.5 Å². The van der Waals surface area contributed by atoms with Gasteiger partial charge in [0, 0.05) is 25.0 Å². The van der Waals surface area contributed by atoms with Gasteiger partial charge in [-0.05, 0) is 50.3 Å². The maximum absolute atomic E-state index is 12.5. The normalized spacial score (nSPS) is 23.8. The Labute approximate surface area is 131 Å². The van der Waals surface area contributed by atoms with Crippen molar-refractivity contribution in [3.05, 3.63) is 23.8 Å². The molecule has 5 heteroatoms. The van der Waals surface area contributed by atoms with Gasteiger partial charge in [0.1, 0.15) is 0 Å². The monoisotopic (exact) mass is 304 g/mol. The molecule has 1 saturated carbocycles. The van der Waals surface area contributed by atoms with E-state index in [1.807, 2.05) is 36.9 Å². The van der Waals surface area contributed by atoms with E-state index in [0.717, 1.165) is 43.0 Å². The van der Waals surface area contributed by atoms with Crippen molar-refractivity contribution >= 4 is 5.91 Å². The molecule has 0 spiro atoms. The molecule has 1 aliphatic carbocycles. The van der Waals surface area contributed by atoms with E-state index in [2.05, 4.69) is 0 Å². The van der Waals surface area contributed by atoms with Gasteiger partial charge in [-0.3, -0.25) is 4.79 Å². The summed E-state index contributed by atoms with van der Waals surface area (Å²) >= 11 is 0. The molecule has 2 N–H and O–H groups in total. The van der Waals surface area contributed by atoms with Gasteiger partial charge >= 0.3 is 0 Å². The molecule has 3 rings (SSSR count). The molecular formula is C17H24N2O3. The molecule has 1 aliphatic heterocycles. The van der Waals surface area contributed by atoms with Crippen LogP contribution in [0, 0.1) is 11.8 Å². The van der Waals surface area contributed by atoms with Crippen LogP contribution in [0.1, 0.15) is 38.3 Å². The van der Waals surface area contributed by atoms with Crippen LogP contribution < -0.4 is 15.2 Å². The second-order valence-corrected chi connectivity index (χ2v) is 6.00. The van der Waals surface area contributed by atoms with Crippen LogP contribution in [-0.2, 0) is 4.79 Å². The van der Waals surface area contributed by atoms with E-state index in [9.17, 15) is 4.79 Å². The van der Waals surface area contributed by atoms with E-state index in [-0.39, 0.29) is 30.6 Å². The molecule has 1 amide bonds. The first-order chi connectivity index (χ1) is 10.7. The van der Waals surface area contributed by atoms with Crippen LogP contribution in [0.25, 0.3) is 0 Å². The average molecular weight is 304 g/mol. The lowest BCUT2D eigenvalue weighted by molar-refractivity contribution is -0.141. The smallest absolute Gasteiger partial charge is 0.231 e. The number of hydrogen-bond acceptors (Lipinski definition) is 4. The number of carbonyl (C=O) groups is 1. The largest absolute Gasteiger partial charge is 0.454 e. The molecule has 22 heavy (non-hydrogen) atoms. The van der Waals surface area contributed by atoms with Crippen molar-refractivity contribution in [2.75, 3.05) is 19.9 Å². The highest BCUT2D eigenvalue weighted by molar-refractivity contribution is 5.80. The highest BCUT2D eigenvalue weighted by Crippen LogP contribution is 2.44. The molecule has 1 heterocycles. The first-order valence-corrected chi connectivity index (χ1v) is 8.09. The van der Waals surface area contributed by atoms with Crippen molar-refractivity contribution in [3.63, 3.8) is 0 Å². The Morgan fingerprint density at radius 2 is 2.00 bits per heavy atom. The molecule has 1 aromatic rings. The van der Waals surface area contributed by atoms with Gasteiger partial charge in [-0.25, -0.2) is 0 Å². The van der Waals surface area contributed by atoms with Gasteiger partial charge in [-0.1, -0.05) is 6.07 Å². The average Bonchev–Trinajstić information content (AvgIpc) is 2.94. The number of carbonyl (C=O) groups excluding carboxylic acids is 1. The fourth-order valence-corrected chi connectivity index (χ4v) is 3.40. The predicted octanol–water partition coefficient (Wildman–Crippen LogP) is 2.31. The Bertz CT molecular complexity index is 557. The van der Waals surface area contributed by atoms with E-state index >= 15 is 0 Å². The number of nitrogens with zero attached hydrogens (tertiary/aromatic N) is 1. The topological polar surface area (TPSA) is 64.8 Å². The standard InChI is InChI=1S/C17H24N2O3/c1-3-19(4-2)17(20)13-7-6-12(13)16(18)11-5-8-14-15(9-11)22-10-21-14/h5,8-9,12-13,16H,3-4,6-7,10,18H2,1-2H3/t12-,13+,16?/m0/s1. The zero-order chi connectivity index (χ0) is 15.7. The summed E-state index contributed by atoms with van der Waals surface area (Å²) in [6.45, 7) is 5.83. The molecule has 120 valence electrons. The van der Waals surface area contributed by atoms with Crippen molar-refractivity contribution in [1.82, 2.24) is 4.90 Å². The summed E-state index contributed by atoms with van der Waals surface area (Å²) in [5.74, 6) is 2.03. The molecule has 0 radical (unpaired) electrons. The first-order valence-electron chi connectivity index (χ1n) is 8.09. The number of hydrogen-bond donors (Lipinski definition) is 1. The summed E-state index contributed by atoms with van der Waals surface area (Å²) in [5.41, 5.74) is 7.46. The van der Waals surface area contributed by atoms with Crippen LogP contribution in [0.2, 0.25) is 0 Å². The summed E-state index contributed by atoms with van der Waals surface area (Å²) in [5, 5.41) is 0. The Morgan fingerprint density at radius 1 is 1.27 bits per heavy atom. The van der Waals surface area contributed by atoms with Crippen molar-refractivity contribution in [3.8, 4) is 11.5 Å². The molecular weight excluding hydrogens is 280 g/mol. The van der Waals surface area contributed by atoms with Crippen LogP contribution in [0.4, 0.5) is 0 Å². The number of nitrogens with two attached hydrogens (primary N) is 1. The van der Waals surface area contributed by atoms with E-state index in [4.69, 9.17) is 15.2 Å². The molecule has 1 unspecified atom stereocenters. The van der Waals surface area contributed by atoms with Crippen molar-refractivity contribution in [1.29, 1.82) is 0 Å². The highest BCUT2D eigenvalue weighted by atomic mass is 16.7. The third kappa shape index (κ3) is 2.54. The molecule has 2 aliphatic rings. The molecule has 1 aromatic carbocycles. The summed E-state index contributed by atoms with van der Waals surface area (Å²) in [7, 11) is 0. The molecule has 3 atom stereocenters. The van der Waals surface area contributed by atoms with Gasteiger partial charge in [-0.2, -0.15) is 0 Å². The van der Waals surface area contributed by atoms with Crippen LogP contribution in [-0.4, -0.2) is 30.7 Å². The minimum atomic E-state index is -0.132. The number of fused-ring (bicyclic) bond motifs is 1. The fraction of sp³-hybridized carbons (Fsp3) is 0.588. The SMILES string of the molecule is CCN(CC)C(=O)[C@@H]1CC[C@@H]1C(N)c1ccc2c(c1)OCO2. The fourth-order valence-electron chi connectivity index (χ4n) is 3.40. The summed E-state index contributed by atoms with van der Waals surface area (Å²) < 4.78 is 10.7. The third-order valence-corrected chi connectivity index (χ3v) is 4.96. The summed E-state index contributed by atoms with van der Waals surface area (Å²) in [6.07, 6.45) is 1.95. The third-order valence-electron chi connectivity index (χ3n) is 4.96. The lowest BCUT2D eigenvalue weighted by atomic mass is 9.67. The predicted molar refractivity (Wildman–Crippen MR) is 83.6 cm³/mol. The maximum Gasteiger partial charge on any atom is 0.231 e. The van der Waals surface area contributed by atoms with Crippen LogP contribution >= 0.6 is 0 Å². The Balaban J connectivity index is 1.72. The molecule has 0 aromatic heterocycles. The van der Waals surface area contributed by atoms with Crippen molar-refractivity contribution in [2.45, 2.75) is 32.7 Å². The van der Waals surface area contributed by atoms with Gasteiger partial charge < -0.3 is 20.1 Å². The maximum atomic E-state index is 12.5. The van der Waals surface area contributed by atoms with Crippen LogP contribution in [0.3, 0.4) is 0 Å². The first kappa shape index (κ1) is 15.2. The Kier molecular flexibility index (Phi) is 4.25. The summed E-state index contributed by atoms with van der Waals surface area (Å²) in [6, 6.07) is 5.70. The molecule has 0 bridgehead atoms. The zero-order valence-corrected chi connectivity index (χ0v) is 13.2. The van der Waals surface area contributed by atoms with Crippen LogP contribution in [0.15, 0.2) is 18.2 Å². The van der Waals surface area contributed by atoms with E-state index < -0.39 is 0 Å². The quantitative estimate of drug-likeness (QED) is 0.906. The van der Waals surface area contributed by atoms with E-state index in [0.29, 0.717) is 0 Å². The lowest BCUT2D eigenvalue weighted by Crippen LogP contribution is -2.46. The zero-order valence-electron chi connectivity index (χ0n) is 13.2. The highest BCUT2D eigenvalue weighted by Gasteiger charge is 2.42. The van der Waals surface area contributed by atoms with Gasteiger partial charge in [0.2, 0.25) is 12.7 Å². The van der Waals surface area contributed by atoms with Gasteiger partial charge in [0.15, 0.2) is 11.5 Å². The van der Waals surface area contributed by atoms with E-state index in [1.54, 1.807) is 0 Å². The second kappa shape index (κ2) is 6.16.